The number of benzene rings is 1. The number of rotatable bonds is 5. The molecule has 3 atom stereocenters. The van der Waals surface area contributed by atoms with Gasteiger partial charge in [-0.1, -0.05) is 24.8 Å². The lowest BCUT2D eigenvalue weighted by Crippen LogP contribution is -2.28. The Morgan fingerprint density at radius 2 is 2.00 bits per heavy atom. The molecule has 2 aromatic heterocycles. The first-order valence-corrected chi connectivity index (χ1v) is 10.9. The second-order valence-corrected chi connectivity index (χ2v) is 8.70. The van der Waals surface area contributed by atoms with E-state index in [1.165, 1.54) is 0 Å². The van der Waals surface area contributed by atoms with Crippen LogP contribution in [0.2, 0.25) is 0 Å². The molecule has 2 aliphatic rings. The maximum Gasteiger partial charge on any atom is 0.161 e. The lowest BCUT2D eigenvalue weighted by Gasteiger charge is -2.25. The van der Waals surface area contributed by atoms with Gasteiger partial charge in [0.05, 0.1) is 12.3 Å². The zero-order chi connectivity index (χ0) is 19.8. The molecule has 5 nitrogen and oxygen atoms in total. The van der Waals surface area contributed by atoms with Crippen LogP contribution >= 0.6 is 11.8 Å². The number of aromatic nitrogens is 1. The van der Waals surface area contributed by atoms with Crippen molar-refractivity contribution in [3.05, 3.63) is 72.2 Å². The van der Waals surface area contributed by atoms with E-state index in [-0.39, 0.29) is 12.1 Å². The lowest BCUT2D eigenvalue weighted by molar-refractivity contribution is 0.277. The van der Waals surface area contributed by atoms with Crippen LogP contribution in [-0.2, 0) is 0 Å². The van der Waals surface area contributed by atoms with Crippen LogP contribution in [-0.4, -0.2) is 33.5 Å². The van der Waals surface area contributed by atoms with E-state index in [2.05, 4.69) is 22.9 Å². The molecule has 5 rings (SSSR count). The number of amidine groups is 1. The fourth-order valence-electron chi connectivity index (χ4n) is 3.97. The summed E-state index contributed by atoms with van der Waals surface area (Å²) < 4.78 is 11.9. The van der Waals surface area contributed by atoms with Crippen LogP contribution in [0.5, 0.6) is 5.75 Å². The molecule has 0 N–H and O–H groups in total. The Labute approximate surface area is 174 Å². The molecule has 148 valence electrons. The maximum atomic E-state index is 6.36. The standard InChI is InChI=1S/C23H23N3O2S/c1-3-27-17-9-7-16(8-10-17)19-11-12-20(28-19)22-21(18-6-4-5-13-24-18)25-23-26(22)14-15(2)29-23/h4-13,15,21-22H,3,14H2,1-2H3. The minimum atomic E-state index is -0.0504. The summed E-state index contributed by atoms with van der Waals surface area (Å²) in [7, 11) is 0. The summed E-state index contributed by atoms with van der Waals surface area (Å²) in [5.41, 5.74) is 2.02. The zero-order valence-electron chi connectivity index (χ0n) is 16.5. The number of aliphatic imine (C=N–C) groups is 1. The molecule has 0 spiro atoms. The first-order chi connectivity index (χ1) is 14.2. The summed E-state index contributed by atoms with van der Waals surface area (Å²) in [4.78, 5) is 12.0. The minimum Gasteiger partial charge on any atom is -0.494 e. The minimum absolute atomic E-state index is 0.0359. The molecule has 0 radical (unpaired) electrons. The Kier molecular flexibility index (Phi) is 4.79. The van der Waals surface area contributed by atoms with E-state index in [0.29, 0.717) is 11.9 Å². The number of pyridine rings is 1. The molecule has 1 fully saturated rings. The van der Waals surface area contributed by atoms with Crippen LogP contribution < -0.4 is 4.74 Å². The predicted molar refractivity (Wildman–Crippen MR) is 116 cm³/mol. The average molecular weight is 406 g/mol. The molecule has 2 aliphatic heterocycles. The number of ether oxygens (including phenoxy) is 1. The molecule has 0 aliphatic carbocycles. The van der Waals surface area contributed by atoms with E-state index in [4.69, 9.17) is 14.1 Å². The van der Waals surface area contributed by atoms with Crippen molar-refractivity contribution in [1.29, 1.82) is 0 Å². The van der Waals surface area contributed by atoms with Crippen molar-refractivity contribution in [2.24, 2.45) is 4.99 Å². The van der Waals surface area contributed by atoms with Gasteiger partial charge in [-0.05, 0) is 55.5 Å². The molecule has 3 aromatic rings. The van der Waals surface area contributed by atoms with E-state index < -0.39 is 0 Å². The highest BCUT2D eigenvalue weighted by Gasteiger charge is 2.45. The monoisotopic (exact) mass is 405 g/mol. The van der Waals surface area contributed by atoms with Crippen LogP contribution in [0.1, 0.15) is 37.4 Å². The van der Waals surface area contributed by atoms with Crippen LogP contribution in [0.25, 0.3) is 11.3 Å². The van der Waals surface area contributed by atoms with Gasteiger partial charge >= 0.3 is 0 Å². The molecule has 1 aromatic carbocycles. The summed E-state index contributed by atoms with van der Waals surface area (Å²) in [6, 6.07) is 18.2. The summed E-state index contributed by atoms with van der Waals surface area (Å²) >= 11 is 1.83. The quantitative estimate of drug-likeness (QED) is 0.574. The normalized spacial score (nSPS) is 23.2. The van der Waals surface area contributed by atoms with E-state index in [0.717, 1.165) is 40.2 Å². The van der Waals surface area contributed by atoms with Crippen LogP contribution in [0, 0.1) is 0 Å². The van der Waals surface area contributed by atoms with Crippen molar-refractivity contribution >= 4 is 16.9 Å². The lowest BCUT2D eigenvalue weighted by atomic mass is 10.0. The second kappa shape index (κ2) is 7.59. The van der Waals surface area contributed by atoms with Gasteiger partial charge < -0.3 is 14.1 Å². The van der Waals surface area contributed by atoms with Crippen molar-refractivity contribution < 1.29 is 9.15 Å². The Bertz CT molecular complexity index is 1020. The van der Waals surface area contributed by atoms with Gasteiger partial charge in [0.25, 0.3) is 0 Å². The molecule has 0 saturated carbocycles. The van der Waals surface area contributed by atoms with Crippen molar-refractivity contribution in [2.75, 3.05) is 13.2 Å². The summed E-state index contributed by atoms with van der Waals surface area (Å²) in [6.07, 6.45) is 1.83. The predicted octanol–water partition coefficient (Wildman–Crippen LogP) is 5.33. The van der Waals surface area contributed by atoms with E-state index in [1.54, 1.807) is 0 Å². The van der Waals surface area contributed by atoms with Gasteiger partial charge in [0.15, 0.2) is 5.17 Å². The highest BCUT2D eigenvalue weighted by Crippen LogP contribution is 2.48. The van der Waals surface area contributed by atoms with Gasteiger partial charge in [0.2, 0.25) is 0 Å². The first kappa shape index (κ1) is 18.3. The first-order valence-electron chi connectivity index (χ1n) is 9.98. The highest BCUT2D eigenvalue weighted by molar-refractivity contribution is 8.14. The van der Waals surface area contributed by atoms with Gasteiger partial charge in [-0.25, -0.2) is 4.99 Å². The van der Waals surface area contributed by atoms with Gasteiger partial charge in [-0.3, -0.25) is 4.98 Å². The van der Waals surface area contributed by atoms with Crippen molar-refractivity contribution in [3.8, 4) is 17.1 Å². The third kappa shape index (κ3) is 3.42. The Hall–Kier alpha value is -2.73. The number of nitrogens with zero attached hydrogens (tertiary/aromatic N) is 3. The number of fused-ring (bicyclic) bond motifs is 1. The number of hydrogen-bond acceptors (Lipinski definition) is 6. The molecule has 3 unspecified atom stereocenters. The Balaban J connectivity index is 1.47. The van der Waals surface area contributed by atoms with Crippen LogP contribution in [0.4, 0.5) is 0 Å². The third-order valence-electron chi connectivity index (χ3n) is 5.25. The average Bonchev–Trinajstić information content (AvgIpc) is 3.43. The molecule has 6 heteroatoms. The molecular formula is C23H23N3O2S. The molecule has 1 saturated heterocycles. The fraction of sp³-hybridized carbons (Fsp3) is 0.304. The van der Waals surface area contributed by atoms with E-state index in [1.807, 2.05) is 73.4 Å². The Morgan fingerprint density at radius 3 is 2.76 bits per heavy atom. The SMILES string of the molecule is CCOc1ccc(-c2ccc(C3C(c4ccccn4)N=C4SC(C)CN43)o2)cc1. The van der Waals surface area contributed by atoms with Crippen LogP contribution in [0.3, 0.4) is 0 Å². The van der Waals surface area contributed by atoms with Gasteiger partial charge in [0.1, 0.15) is 29.4 Å². The van der Waals surface area contributed by atoms with E-state index in [9.17, 15) is 0 Å². The molecule has 4 heterocycles. The summed E-state index contributed by atoms with van der Waals surface area (Å²) in [5.74, 6) is 2.66. The zero-order valence-corrected chi connectivity index (χ0v) is 17.3. The second-order valence-electron chi connectivity index (χ2n) is 7.30. The summed E-state index contributed by atoms with van der Waals surface area (Å²) in [5, 5.41) is 1.62. The largest absolute Gasteiger partial charge is 0.494 e. The highest BCUT2D eigenvalue weighted by atomic mass is 32.2. The maximum absolute atomic E-state index is 6.36. The Morgan fingerprint density at radius 1 is 1.14 bits per heavy atom. The fourth-order valence-corrected chi connectivity index (χ4v) is 5.07. The van der Waals surface area contributed by atoms with Crippen molar-refractivity contribution in [2.45, 2.75) is 31.2 Å². The van der Waals surface area contributed by atoms with Gasteiger partial charge in [-0.2, -0.15) is 0 Å². The molecular weight excluding hydrogens is 382 g/mol. The third-order valence-corrected chi connectivity index (χ3v) is 6.35. The topological polar surface area (TPSA) is 50.9 Å². The smallest absolute Gasteiger partial charge is 0.161 e. The van der Waals surface area contributed by atoms with E-state index >= 15 is 0 Å². The summed E-state index contributed by atoms with van der Waals surface area (Å²) in [6.45, 7) is 5.86. The molecule has 0 amide bonds. The number of thioether (sulfide) groups is 1. The molecule has 0 bridgehead atoms. The van der Waals surface area contributed by atoms with Gasteiger partial charge in [-0.15, -0.1) is 0 Å². The van der Waals surface area contributed by atoms with Crippen LogP contribution in [0.15, 0.2) is 70.2 Å². The molecule has 29 heavy (non-hydrogen) atoms. The number of hydrogen-bond donors (Lipinski definition) is 0. The number of furan rings is 1. The van der Waals surface area contributed by atoms with Crippen molar-refractivity contribution in [1.82, 2.24) is 9.88 Å². The van der Waals surface area contributed by atoms with Gasteiger partial charge in [0, 0.05) is 23.6 Å². The van der Waals surface area contributed by atoms with Crippen molar-refractivity contribution in [3.63, 3.8) is 0 Å².